The molecule has 1 fully saturated rings. The Morgan fingerprint density at radius 3 is 2.56 bits per heavy atom. The van der Waals surface area contributed by atoms with Gasteiger partial charge in [-0.05, 0) is 49.5 Å². The van der Waals surface area contributed by atoms with Gasteiger partial charge in [-0.3, -0.25) is 0 Å². The van der Waals surface area contributed by atoms with Crippen LogP contribution >= 0.6 is 0 Å². The molecule has 2 N–H and O–H groups in total. The molecular formula is C20H27N3O3S. The molecule has 1 aliphatic heterocycles. The van der Waals surface area contributed by atoms with Crippen LogP contribution in [0.1, 0.15) is 24.5 Å². The number of hydrogen-bond donors (Lipinski definition) is 2. The van der Waals surface area contributed by atoms with Crippen molar-refractivity contribution in [2.45, 2.75) is 23.8 Å². The van der Waals surface area contributed by atoms with Gasteiger partial charge < -0.3 is 15.3 Å². The zero-order valence-electron chi connectivity index (χ0n) is 15.6. The molecule has 0 aliphatic carbocycles. The van der Waals surface area contributed by atoms with Gasteiger partial charge in [0.25, 0.3) is 0 Å². The number of aliphatic hydroxyl groups is 1. The van der Waals surface area contributed by atoms with Crippen LogP contribution in [0.4, 0.5) is 5.82 Å². The molecule has 0 radical (unpaired) electrons. The Labute approximate surface area is 161 Å². The van der Waals surface area contributed by atoms with E-state index in [1.807, 2.05) is 30.3 Å². The maximum atomic E-state index is 11.9. The van der Waals surface area contributed by atoms with E-state index in [1.165, 1.54) is 6.26 Å². The first kappa shape index (κ1) is 19.8. The smallest absolute Gasteiger partial charge is 0.179 e. The van der Waals surface area contributed by atoms with E-state index in [0.29, 0.717) is 24.8 Å². The SMILES string of the molecule is CS(=O)(=O)c1cccnc1NCC1CCN(CC(O)c2ccccc2)CC1. The highest BCUT2D eigenvalue weighted by atomic mass is 32.2. The molecule has 6 nitrogen and oxygen atoms in total. The molecule has 1 saturated heterocycles. The van der Waals surface area contributed by atoms with Crippen molar-refractivity contribution in [3.8, 4) is 0 Å². The number of β-amino-alcohol motifs (C(OH)–C–C–N with tert-alkyl or cyclic N) is 1. The first-order chi connectivity index (χ1) is 12.9. The molecule has 1 aliphatic rings. The zero-order valence-corrected chi connectivity index (χ0v) is 16.4. The Kier molecular flexibility index (Phi) is 6.46. The first-order valence-corrected chi connectivity index (χ1v) is 11.2. The number of anilines is 1. The van der Waals surface area contributed by atoms with Gasteiger partial charge >= 0.3 is 0 Å². The van der Waals surface area contributed by atoms with Crippen LogP contribution in [-0.4, -0.2) is 55.8 Å². The van der Waals surface area contributed by atoms with E-state index in [-0.39, 0.29) is 4.90 Å². The summed E-state index contributed by atoms with van der Waals surface area (Å²) in [5, 5.41) is 13.6. The lowest BCUT2D eigenvalue weighted by Crippen LogP contribution is -2.38. The number of piperidine rings is 1. The van der Waals surface area contributed by atoms with Crippen LogP contribution in [0.25, 0.3) is 0 Å². The van der Waals surface area contributed by atoms with Crippen molar-refractivity contribution in [2.75, 3.05) is 37.8 Å². The van der Waals surface area contributed by atoms with Gasteiger partial charge in [0.15, 0.2) is 9.84 Å². The molecule has 0 amide bonds. The largest absolute Gasteiger partial charge is 0.387 e. The number of nitrogens with zero attached hydrogens (tertiary/aromatic N) is 2. The number of nitrogens with one attached hydrogen (secondary N) is 1. The Balaban J connectivity index is 1.48. The van der Waals surface area contributed by atoms with Crippen molar-refractivity contribution < 1.29 is 13.5 Å². The van der Waals surface area contributed by atoms with Crippen molar-refractivity contribution in [3.63, 3.8) is 0 Å². The third-order valence-electron chi connectivity index (χ3n) is 5.05. The molecule has 2 heterocycles. The van der Waals surface area contributed by atoms with Crippen molar-refractivity contribution in [3.05, 3.63) is 54.2 Å². The Bertz CT molecular complexity index is 835. The number of aromatic nitrogens is 1. The molecule has 1 unspecified atom stereocenters. The van der Waals surface area contributed by atoms with Crippen LogP contribution in [0.15, 0.2) is 53.6 Å². The predicted molar refractivity (Wildman–Crippen MR) is 106 cm³/mol. The second-order valence-corrected chi connectivity index (χ2v) is 9.16. The summed E-state index contributed by atoms with van der Waals surface area (Å²) in [5.41, 5.74) is 0.949. The number of aliphatic hydroxyl groups excluding tert-OH is 1. The highest BCUT2D eigenvalue weighted by molar-refractivity contribution is 7.90. The number of benzene rings is 1. The third kappa shape index (κ3) is 5.51. The lowest BCUT2D eigenvalue weighted by molar-refractivity contribution is 0.0909. The van der Waals surface area contributed by atoms with E-state index < -0.39 is 15.9 Å². The number of sulfone groups is 1. The predicted octanol–water partition coefficient (Wildman–Crippen LogP) is 2.34. The maximum Gasteiger partial charge on any atom is 0.179 e. The molecule has 1 atom stereocenters. The average Bonchev–Trinajstić information content (AvgIpc) is 2.67. The van der Waals surface area contributed by atoms with Gasteiger partial charge in [0.1, 0.15) is 10.7 Å². The summed E-state index contributed by atoms with van der Waals surface area (Å²) in [7, 11) is -3.30. The standard InChI is InChI=1S/C20H27N3O3S/c1-27(25,26)19-8-5-11-21-20(19)22-14-16-9-12-23(13-10-16)15-18(24)17-6-3-2-4-7-17/h2-8,11,16,18,24H,9-10,12-15H2,1H3,(H,21,22). The summed E-state index contributed by atoms with van der Waals surface area (Å²) in [4.78, 5) is 6.72. The van der Waals surface area contributed by atoms with Crippen molar-refractivity contribution >= 4 is 15.7 Å². The van der Waals surface area contributed by atoms with Gasteiger partial charge in [-0.2, -0.15) is 0 Å². The minimum Gasteiger partial charge on any atom is -0.387 e. The molecule has 146 valence electrons. The highest BCUT2D eigenvalue weighted by Gasteiger charge is 2.22. The summed E-state index contributed by atoms with van der Waals surface area (Å²) in [5.74, 6) is 0.895. The molecule has 27 heavy (non-hydrogen) atoms. The van der Waals surface area contributed by atoms with E-state index in [0.717, 1.165) is 31.5 Å². The quantitative estimate of drug-likeness (QED) is 0.756. The summed E-state index contributed by atoms with van der Waals surface area (Å²) in [6, 6.07) is 13.0. The van der Waals surface area contributed by atoms with Gasteiger partial charge in [0, 0.05) is 25.5 Å². The Morgan fingerprint density at radius 1 is 1.19 bits per heavy atom. The minimum atomic E-state index is -3.30. The van der Waals surface area contributed by atoms with Crippen molar-refractivity contribution in [1.29, 1.82) is 0 Å². The van der Waals surface area contributed by atoms with Gasteiger partial charge in [-0.25, -0.2) is 13.4 Å². The third-order valence-corrected chi connectivity index (χ3v) is 6.18. The highest BCUT2D eigenvalue weighted by Crippen LogP contribution is 2.23. The average molecular weight is 390 g/mol. The summed E-state index contributed by atoms with van der Waals surface area (Å²) < 4.78 is 23.7. The molecule has 0 bridgehead atoms. The minimum absolute atomic E-state index is 0.244. The molecule has 0 spiro atoms. The summed E-state index contributed by atoms with van der Waals surface area (Å²) >= 11 is 0. The number of rotatable bonds is 7. The topological polar surface area (TPSA) is 82.5 Å². The van der Waals surface area contributed by atoms with Gasteiger partial charge in [-0.15, -0.1) is 0 Å². The van der Waals surface area contributed by atoms with E-state index >= 15 is 0 Å². The maximum absolute atomic E-state index is 11.9. The molecule has 2 aromatic rings. The van der Waals surface area contributed by atoms with Crippen LogP contribution in [0.5, 0.6) is 0 Å². The lowest BCUT2D eigenvalue weighted by Gasteiger charge is -2.33. The van der Waals surface area contributed by atoms with Crippen LogP contribution < -0.4 is 5.32 Å². The van der Waals surface area contributed by atoms with Gasteiger partial charge in [-0.1, -0.05) is 30.3 Å². The fourth-order valence-electron chi connectivity index (χ4n) is 3.46. The monoisotopic (exact) mass is 389 g/mol. The van der Waals surface area contributed by atoms with Crippen molar-refractivity contribution in [2.24, 2.45) is 5.92 Å². The fourth-order valence-corrected chi connectivity index (χ4v) is 4.26. The second-order valence-electron chi connectivity index (χ2n) is 7.17. The molecule has 1 aromatic heterocycles. The van der Waals surface area contributed by atoms with Crippen LogP contribution in [0.2, 0.25) is 0 Å². The number of hydrogen-bond acceptors (Lipinski definition) is 6. The van der Waals surface area contributed by atoms with E-state index in [4.69, 9.17) is 0 Å². The van der Waals surface area contributed by atoms with E-state index in [1.54, 1.807) is 18.3 Å². The molecule has 7 heteroatoms. The van der Waals surface area contributed by atoms with E-state index in [2.05, 4.69) is 15.2 Å². The second kappa shape index (κ2) is 8.82. The lowest BCUT2D eigenvalue weighted by atomic mass is 9.96. The van der Waals surface area contributed by atoms with Crippen LogP contribution in [0, 0.1) is 5.92 Å². The summed E-state index contributed by atoms with van der Waals surface area (Å²) in [6.45, 7) is 3.20. The molecule has 3 rings (SSSR count). The van der Waals surface area contributed by atoms with Crippen molar-refractivity contribution in [1.82, 2.24) is 9.88 Å². The zero-order chi connectivity index (χ0) is 19.3. The Morgan fingerprint density at radius 2 is 1.89 bits per heavy atom. The molecule has 1 aromatic carbocycles. The number of pyridine rings is 1. The van der Waals surface area contributed by atoms with Crippen LogP contribution in [-0.2, 0) is 9.84 Å². The normalized spacial score (nSPS) is 17.6. The molecular weight excluding hydrogens is 362 g/mol. The Hall–Kier alpha value is -1.96. The first-order valence-electron chi connectivity index (χ1n) is 9.28. The fraction of sp³-hybridized carbons (Fsp3) is 0.450. The van der Waals surface area contributed by atoms with Crippen LogP contribution in [0.3, 0.4) is 0 Å². The number of likely N-dealkylation sites (tertiary alicyclic amines) is 1. The molecule has 0 saturated carbocycles. The summed E-state index contributed by atoms with van der Waals surface area (Å²) in [6.07, 6.45) is 4.35. The van der Waals surface area contributed by atoms with E-state index in [9.17, 15) is 13.5 Å². The van der Waals surface area contributed by atoms with Gasteiger partial charge in [0.2, 0.25) is 0 Å². The van der Waals surface area contributed by atoms with Gasteiger partial charge in [0.05, 0.1) is 6.10 Å².